The highest BCUT2D eigenvalue weighted by molar-refractivity contribution is 7.92. The summed E-state index contributed by atoms with van der Waals surface area (Å²) in [5.41, 5.74) is 0.870. The first-order chi connectivity index (χ1) is 15.2. The number of likely N-dealkylation sites (tertiary alicyclic amines) is 1. The number of H-pyrrole nitrogens is 2. The highest BCUT2D eigenvalue weighted by Crippen LogP contribution is 2.20. The fourth-order valence-corrected chi connectivity index (χ4v) is 4.63. The van der Waals surface area contributed by atoms with E-state index in [1.807, 2.05) is 0 Å². The average Bonchev–Trinajstić information content (AvgIpc) is 3.41. The first kappa shape index (κ1) is 21.6. The highest BCUT2D eigenvalue weighted by atomic mass is 32.2. The number of nitrogens with one attached hydrogen (secondary N) is 3. The zero-order valence-corrected chi connectivity index (χ0v) is 18.1. The number of hydrogen-bond donors (Lipinski definition) is 3. The van der Waals surface area contributed by atoms with Gasteiger partial charge in [-0.3, -0.25) is 9.52 Å². The van der Waals surface area contributed by atoms with Crippen molar-refractivity contribution in [2.24, 2.45) is 0 Å². The van der Waals surface area contributed by atoms with Crippen molar-refractivity contribution in [3.05, 3.63) is 58.5 Å². The van der Waals surface area contributed by atoms with Crippen LogP contribution in [0.15, 0.2) is 52.2 Å². The molecule has 32 heavy (non-hydrogen) atoms. The molecule has 1 saturated heterocycles. The van der Waals surface area contributed by atoms with Crippen molar-refractivity contribution in [3.8, 4) is 0 Å². The van der Waals surface area contributed by atoms with Gasteiger partial charge in [-0.25, -0.2) is 18.0 Å². The summed E-state index contributed by atoms with van der Waals surface area (Å²) in [6.07, 6.45) is 0.996. The summed E-state index contributed by atoms with van der Waals surface area (Å²) >= 11 is 0. The molecule has 1 aromatic heterocycles. The van der Waals surface area contributed by atoms with Crippen LogP contribution in [0.25, 0.3) is 11.0 Å². The molecule has 10 nitrogen and oxygen atoms in total. The monoisotopic (exact) mass is 458 g/mol. The fraction of sp³-hybridized carbons (Fsp3) is 0.286. The van der Waals surface area contributed by atoms with Crippen molar-refractivity contribution in [1.82, 2.24) is 14.9 Å². The van der Waals surface area contributed by atoms with Gasteiger partial charge in [0, 0.05) is 18.8 Å². The molecule has 2 heterocycles. The highest BCUT2D eigenvalue weighted by Gasteiger charge is 2.26. The summed E-state index contributed by atoms with van der Waals surface area (Å²) in [4.78, 5) is 42.7. The molecule has 0 radical (unpaired) electrons. The first-order valence-corrected chi connectivity index (χ1v) is 11.6. The Morgan fingerprint density at radius 3 is 2.38 bits per heavy atom. The van der Waals surface area contributed by atoms with Gasteiger partial charge in [-0.1, -0.05) is 0 Å². The lowest BCUT2D eigenvalue weighted by Crippen LogP contribution is -2.38. The van der Waals surface area contributed by atoms with Gasteiger partial charge in [0.15, 0.2) is 6.10 Å². The van der Waals surface area contributed by atoms with Gasteiger partial charge < -0.3 is 19.6 Å². The van der Waals surface area contributed by atoms with Gasteiger partial charge in [0.25, 0.3) is 15.9 Å². The second-order valence-electron chi connectivity index (χ2n) is 7.55. The van der Waals surface area contributed by atoms with Crippen LogP contribution in [-0.2, 0) is 19.6 Å². The molecule has 0 saturated carbocycles. The quantitative estimate of drug-likeness (QED) is 0.481. The largest absolute Gasteiger partial charge is 0.449 e. The Bertz CT molecular complexity index is 1320. The summed E-state index contributed by atoms with van der Waals surface area (Å²) in [5, 5.41) is 0. The van der Waals surface area contributed by atoms with Gasteiger partial charge in [-0.15, -0.1) is 0 Å². The smallest absolute Gasteiger partial charge is 0.338 e. The standard InChI is InChI=1S/C21H22N4O6S/c1-13(19(26)25-10-2-3-11-25)31-20(27)14-4-6-15(7-5-14)24-32(29,30)16-8-9-17-18(12-16)23-21(28)22-17/h4-9,12-13,24H,2-3,10-11H2,1H3,(H2,22,23,28)/t13-/m0/s1. The van der Waals surface area contributed by atoms with Gasteiger partial charge in [0.05, 0.1) is 21.5 Å². The van der Waals surface area contributed by atoms with Crippen LogP contribution < -0.4 is 10.4 Å². The van der Waals surface area contributed by atoms with Crippen molar-refractivity contribution in [2.75, 3.05) is 17.8 Å². The number of rotatable bonds is 6. The van der Waals surface area contributed by atoms with Crippen LogP contribution in [0.1, 0.15) is 30.1 Å². The Kier molecular flexibility index (Phi) is 5.74. The van der Waals surface area contributed by atoms with Crippen molar-refractivity contribution >= 4 is 38.6 Å². The number of esters is 1. The molecule has 3 aromatic rings. The van der Waals surface area contributed by atoms with Crippen molar-refractivity contribution in [3.63, 3.8) is 0 Å². The van der Waals surface area contributed by atoms with Crippen LogP contribution in [0, 0.1) is 0 Å². The summed E-state index contributed by atoms with van der Waals surface area (Å²) in [5.74, 6) is -0.887. The molecule has 2 aromatic carbocycles. The van der Waals surface area contributed by atoms with E-state index in [2.05, 4.69) is 14.7 Å². The number of aromatic amines is 2. The molecule has 168 valence electrons. The molecule has 11 heteroatoms. The molecule has 4 rings (SSSR count). The van der Waals surface area contributed by atoms with Crippen LogP contribution in [0.2, 0.25) is 0 Å². The van der Waals surface area contributed by atoms with Crippen LogP contribution in [0.4, 0.5) is 5.69 Å². The minimum absolute atomic E-state index is 0.0296. The summed E-state index contributed by atoms with van der Waals surface area (Å²) in [6.45, 7) is 2.88. The third-order valence-corrected chi connectivity index (χ3v) is 6.60. The maximum Gasteiger partial charge on any atom is 0.338 e. The lowest BCUT2D eigenvalue weighted by Gasteiger charge is -2.20. The number of nitrogens with zero attached hydrogens (tertiary/aromatic N) is 1. The molecule has 1 amide bonds. The topological polar surface area (TPSA) is 141 Å². The third-order valence-electron chi connectivity index (χ3n) is 5.22. The van der Waals surface area contributed by atoms with E-state index < -0.39 is 27.8 Å². The van der Waals surface area contributed by atoms with Crippen molar-refractivity contribution < 1.29 is 22.7 Å². The average molecular weight is 458 g/mol. The predicted molar refractivity (Wildman–Crippen MR) is 117 cm³/mol. The molecule has 1 atom stereocenters. The number of ether oxygens (including phenoxy) is 1. The predicted octanol–water partition coefficient (Wildman–Crippen LogP) is 1.82. The van der Waals surface area contributed by atoms with Crippen LogP contribution >= 0.6 is 0 Å². The molecular formula is C21H22N4O6S. The normalized spacial score (nSPS) is 15.0. The zero-order chi connectivity index (χ0) is 22.9. The van der Waals surface area contributed by atoms with E-state index in [-0.39, 0.29) is 22.1 Å². The Labute approximate surface area is 183 Å². The van der Waals surface area contributed by atoms with Crippen LogP contribution in [0.3, 0.4) is 0 Å². The first-order valence-electron chi connectivity index (χ1n) is 10.1. The van der Waals surface area contributed by atoms with E-state index in [9.17, 15) is 22.8 Å². The molecule has 1 fully saturated rings. The molecule has 0 aliphatic carbocycles. The maximum absolute atomic E-state index is 12.7. The number of sulfonamides is 1. The number of aromatic nitrogens is 2. The lowest BCUT2D eigenvalue weighted by molar-refractivity contribution is -0.138. The minimum atomic E-state index is -3.92. The summed E-state index contributed by atoms with van der Waals surface area (Å²) in [6, 6.07) is 9.90. The number of anilines is 1. The number of benzene rings is 2. The fourth-order valence-electron chi connectivity index (χ4n) is 3.54. The van der Waals surface area contributed by atoms with E-state index in [1.165, 1.54) is 49.4 Å². The lowest BCUT2D eigenvalue weighted by atomic mass is 10.2. The molecule has 0 bridgehead atoms. The Balaban J connectivity index is 1.42. The molecule has 0 spiro atoms. The van der Waals surface area contributed by atoms with Gasteiger partial charge in [-0.05, 0) is 62.2 Å². The zero-order valence-electron chi connectivity index (χ0n) is 17.3. The number of fused-ring (bicyclic) bond motifs is 1. The Hall–Kier alpha value is -3.60. The number of carbonyl (C=O) groups is 2. The molecule has 1 aliphatic rings. The van der Waals surface area contributed by atoms with E-state index in [4.69, 9.17) is 4.74 Å². The van der Waals surface area contributed by atoms with Crippen molar-refractivity contribution in [1.29, 1.82) is 0 Å². The molecular weight excluding hydrogens is 436 g/mol. The van der Waals surface area contributed by atoms with Crippen molar-refractivity contribution in [2.45, 2.75) is 30.8 Å². The van der Waals surface area contributed by atoms with E-state index in [0.29, 0.717) is 24.1 Å². The molecule has 3 N–H and O–H groups in total. The summed E-state index contributed by atoms with van der Waals surface area (Å²) in [7, 11) is -3.92. The maximum atomic E-state index is 12.7. The Morgan fingerprint density at radius 2 is 1.69 bits per heavy atom. The number of hydrogen-bond acceptors (Lipinski definition) is 6. The van der Waals surface area contributed by atoms with Gasteiger partial charge >= 0.3 is 11.7 Å². The van der Waals surface area contributed by atoms with E-state index in [0.717, 1.165) is 12.8 Å². The van der Waals surface area contributed by atoms with Gasteiger partial charge in [0.1, 0.15) is 0 Å². The second-order valence-corrected chi connectivity index (χ2v) is 9.23. The molecule has 1 aliphatic heterocycles. The Morgan fingerprint density at radius 1 is 1.03 bits per heavy atom. The van der Waals surface area contributed by atoms with Crippen LogP contribution in [0.5, 0.6) is 0 Å². The SMILES string of the molecule is C[C@H](OC(=O)c1ccc(NS(=O)(=O)c2ccc3[nH]c(=O)[nH]c3c2)cc1)C(=O)N1CCCC1. The van der Waals surface area contributed by atoms with Crippen LogP contribution in [-0.4, -0.2) is 54.4 Å². The second kappa shape index (κ2) is 8.50. The third kappa shape index (κ3) is 4.52. The van der Waals surface area contributed by atoms with Gasteiger partial charge in [0.2, 0.25) is 0 Å². The minimum Gasteiger partial charge on any atom is -0.449 e. The summed E-state index contributed by atoms with van der Waals surface area (Å²) < 4.78 is 33.0. The number of carbonyl (C=O) groups excluding carboxylic acids is 2. The van der Waals surface area contributed by atoms with Gasteiger partial charge in [-0.2, -0.15) is 0 Å². The van der Waals surface area contributed by atoms with E-state index >= 15 is 0 Å². The number of imidazole rings is 1. The van der Waals surface area contributed by atoms with E-state index in [1.54, 1.807) is 4.90 Å². The number of amides is 1. The molecule has 0 unspecified atom stereocenters.